The molecule has 2 aromatic rings. The number of halogens is 6. The van der Waals surface area contributed by atoms with Crippen LogP contribution in [-0.2, 0) is 16.6 Å². The first-order valence-electron chi connectivity index (χ1n) is 11.5. The molecule has 1 unspecified atom stereocenters. The molecular weight excluding hydrogens is 458 g/mol. The van der Waals surface area contributed by atoms with E-state index in [0.29, 0.717) is 12.8 Å². The van der Waals surface area contributed by atoms with Crippen LogP contribution in [0.4, 0.5) is 26.3 Å². The molecule has 0 saturated carbocycles. The van der Waals surface area contributed by atoms with Gasteiger partial charge in [0.1, 0.15) is 11.9 Å². The largest absolute Gasteiger partial charge is 0.493 e. The van der Waals surface area contributed by atoms with Crippen molar-refractivity contribution in [3.05, 3.63) is 64.4 Å². The highest BCUT2D eigenvalue weighted by Gasteiger charge is 2.65. The highest BCUT2D eigenvalue weighted by Crippen LogP contribution is 2.60. The van der Waals surface area contributed by atoms with Crippen LogP contribution in [0.25, 0.3) is 11.1 Å². The lowest BCUT2D eigenvalue weighted by molar-refractivity contribution is -0.228. The van der Waals surface area contributed by atoms with Gasteiger partial charge in [-0.2, -0.15) is 17.6 Å². The summed E-state index contributed by atoms with van der Waals surface area (Å²) in [6, 6.07) is 4.54. The van der Waals surface area contributed by atoms with Crippen molar-refractivity contribution in [2.45, 2.75) is 70.3 Å². The van der Waals surface area contributed by atoms with Gasteiger partial charge in [-0.3, -0.25) is 0 Å². The van der Waals surface area contributed by atoms with Gasteiger partial charge in [0.2, 0.25) is 0 Å². The third kappa shape index (κ3) is 3.85. The van der Waals surface area contributed by atoms with Crippen LogP contribution in [0.2, 0.25) is 0 Å². The van der Waals surface area contributed by atoms with Crippen LogP contribution in [0.15, 0.2) is 36.1 Å². The Bertz CT molecular complexity index is 1110. The van der Waals surface area contributed by atoms with Gasteiger partial charge in [-0.25, -0.2) is 8.78 Å². The number of alkyl halides is 4. The molecule has 0 saturated heterocycles. The summed E-state index contributed by atoms with van der Waals surface area (Å²) >= 11 is 0. The topological polar surface area (TPSA) is 18.5 Å². The van der Waals surface area contributed by atoms with Crippen molar-refractivity contribution >= 4 is 0 Å². The number of hydrogen-bond acceptors (Lipinski definition) is 2. The van der Waals surface area contributed by atoms with Crippen molar-refractivity contribution in [2.75, 3.05) is 6.61 Å². The van der Waals surface area contributed by atoms with Gasteiger partial charge in [0.05, 0.1) is 24.0 Å². The van der Waals surface area contributed by atoms with Gasteiger partial charge in [0.15, 0.2) is 11.6 Å². The van der Waals surface area contributed by atoms with Crippen LogP contribution in [0.1, 0.15) is 75.2 Å². The Morgan fingerprint density at radius 3 is 2.15 bits per heavy atom. The summed E-state index contributed by atoms with van der Waals surface area (Å²) in [4.78, 5) is 0. The van der Waals surface area contributed by atoms with Crippen molar-refractivity contribution in [1.29, 1.82) is 0 Å². The van der Waals surface area contributed by atoms with Crippen LogP contribution >= 0.6 is 0 Å². The van der Waals surface area contributed by atoms with Crippen LogP contribution in [0.3, 0.4) is 0 Å². The lowest BCUT2D eigenvalue weighted by atomic mass is 9.78. The molecule has 34 heavy (non-hydrogen) atoms. The minimum absolute atomic E-state index is 0.0393. The summed E-state index contributed by atoms with van der Waals surface area (Å²) in [6.07, 6.45) is 5.56. The molecule has 2 nitrogen and oxygen atoms in total. The van der Waals surface area contributed by atoms with Crippen molar-refractivity contribution < 1.29 is 35.8 Å². The molecular formula is C26H26F6O2. The van der Waals surface area contributed by atoms with E-state index in [0.717, 1.165) is 49.5 Å². The number of hydrogen-bond donors (Lipinski definition) is 0. The van der Waals surface area contributed by atoms with Crippen molar-refractivity contribution in [3.63, 3.8) is 0 Å². The quantitative estimate of drug-likeness (QED) is 0.290. The molecule has 4 rings (SSSR count). The fraction of sp³-hybridized carbons (Fsp3) is 0.462. The van der Waals surface area contributed by atoms with E-state index >= 15 is 22.0 Å². The van der Waals surface area contributed by atoms with Crippen LogP contribution < -0.4 is 4.74 Å². The number of unbranched alkanes of at least 4 members (excludes halogenated alkanes) is 2. The second-order valence-electron chi connectivity index (χ2n) is 8.67. The van der Waals surface area contributed by atoms with Gasteiger partial charge < -0.3 is 9.47 Å². The third-order valence-electron chi connectivity index (χ3n) is 6.47. The van der Waals surface area contributed by atoms with E-state index < -0.39 is 57.6 Å². The standard InChI is InChI=1S/C26H26F6O2/c1-3-5-6-7-15-8-12-19(34-14-15)18-10-9-16-17-11-13-20(33-4-2)24(28)22(17)26(31,32)25(29,30)21(16)23(18)27/h9-11,13-14,19H,3-8,12H2,1-2H3. The number of fused-ring (bicyclic) bond motifs is 3. The van der Waals surface area contributed by atoms with E-state index in [2.05, 4.69) is 6.92 Å². The summed E-state index contributed by atoms with van der Waals surface area (Å²) in [6.45, 7) is 3.56. The van der Waals surface area contributed by atoms with E-state index in [1.54, 1.807) is 0 Å². The molecule has 184 valence electrons. The molecule has 0 bridgehead atoms. The van der Waals surface area contributed by atoms with E-state index in [1.807, 2.05) is 0 Å². The fourth-order valence-electron chi connectivity index (χ4n) is 4.68. The minimum Gasteiger partial charge on any atom is -0.493 e. The maximum absolute atomic E-state index is 15.5. The molecule has 2 aliphatic rings. The average molecular weight is 484 g/mol. The van der Waals surface area contributed by atoms with Gasteiger partial charge >= 0.3 is 11.8 Å². The summed E-state index contributed by atoms with van der Waals surface area (Å²) in [5, 5.41) is 0. The number of allylic oxidation sites excluding steroid dienone is 1. The Balaban J connectivity index is 1.76. The van der Waals surface area contributed by atoms with Crippen LogP contribution in [-0.4, -0.2) is 6.61 Å². The molecule has 1 aliphatic heterocycles. The molecule has 0 spiro atoms. The SMILES string of the molecule is CCCCCC1=COC(c2ccc3c(c2F)C(F)(F)C(F)(F)c2c-3ccc(OCC)c2F)CC1. The highest BCUT2D eigenvalue weighted by molar-refractivity contribution is 5.77. The molecule has 1 atom stereocenters. The third-order valence-corrected chi connectivity index (χ3v) is 6.47. The zero-order valence-corrected chi connectivity index (χ0v) is 19.0. The van der Waals surface area contributed by atoms with Gasteiger partial charge in [0, 0.05) is 5.56 Å². The van der Waals surface area contributed by atoms with E-state index in [1.165, 1.54) is 19.3 Å². The maximum Gasteiger partial charge on any atom is 0.343 e. The predicted octanol–water partition coefficient (Wildman–Crippen LogP) is 8.54. The summed E-state index contributed by atoms with van der Waals surface area (Å²) in [5.74, 6) is -13.5. The lowest BCUT2D eigenvalue weighted by Gasteiger charge is -2.36. The molecule has 0 fully saturated rings. The Morgan fingerprint density at radius 1 is 0.912 bits per heavy atom. The van der Waals surface area contributed by atoms with Gasteiger partial charge in [-0.05, 0) is 61.4 Å². The Kier molecular flexibility index (Phi) is 6.62. The number of rotatable bonds is 7. The van der Waals surface area contributed by atoms with Gasteiger partial charge in [-0.15, -0.1) is 0 Å². The molecule has 0 N–H and O–H groups in total. The van der Waals surface area contributed by atoms with Gasteiger partial charge in [0.25, 0.3) is 0 Å². The molecule has 0 radical (unpaired) electrons. The highest BCUT2D eigenvalue weighted by atomic mass is 19.3. The molecule has 1 heterocycles. The smallest absolute Gasteiger partial charge is 0.343 e. The maximum atomic E-state index is 15.5. The average Bonchev–Trinajstić information content (AvgIpc) is 2.80. The predicted molar refractivity (Wildman–Crippen MR) is 116 cm³/mol. The molecule has 8 heteroatoms. The Morgan fingerprint density at radius 2 is 1.56 bits per heavy atom. The number of benzene rings is 2. The van der Waals surface area contributed by atoms with E-state index in [4.69, 9.17) is 9.47 Å². The van der Waals surface area contributed by atoms with Gasteiger partial charge in [-0.1, -0.05) is 31.9 Å². The van der Waals surface area contributed by atoms with Crippen LogP contribution in [0, 0.1) is 11.6 Å². The van der Waals surface area contributed by atoms with Crippen molar-refractivity contribution in [1.82, 2.24) is 0 Å². The zero-order chi connectivity index (χ0) is 24.7. The summed E-state index contributed by atoms with van der Waals surface area (Å²) in [7, 11) is 0. The second-order valence-corrected chi connectivity index (χ2v) is 8.67. The molecule has 0 aromatic heterocycles. The normalized spacial score (nSPS) is 20.1. The molecule has 2 aromatic carbocycles. The van der Waals surface area contributed by atoms with Crippen molar-refractivity contribution in [3.8, 4) is 16.9 Å². The van der Waals surface area contributed by atoms with E-state index in [9.17, 15) is 4.39 Å². The first-order valence-corrected chi connectivity index (χ1v) is 11.5. The fourth-order valence-corrected chi connectivity index (χ4v) is 4.68. The second kappa shape index (κ2) is 9.19. The summed E-state index contributed by atoms with van der Waals surface area (Å²) in [5.41, 5.74) is -3.05. The van der Waals surface area contributed by atoms with Crippen LogP contribution in [0.5, 0.6) is 5.75 Å². The van der Waals surface area contributed by atoms with Crippen molar-refractivity contribution in [2.24, 2.45) is 0 Å². The molecule has 1 aliphatic carbocycles. The lowest BCUT2D eigenvalue weighted by Crippen LogP contribution is -2.41. The number of ether oxygens (including phenoxy) is 2. The monoisotopic (exact) mass is 484 g/mol. The Labute approximate surface area is 194 Å². The summed E-state index contributed by atoms with van der Waals surface area (Å²) < 4.78 is 101. The Hall–Kier alpha value is -2.64. The zero-order valence-electron chi connectivity index (χ0n) is 19.0. The van der Waals surface area contributed by atoms with E-state index in [-0.39, 0.29) is 12.2 Å². The minimum atomic E-state index is -4.98. The first-order chi connectivity index (χ1) is 16.1. The first kappa shape index (κ1) is 24.5. The molecule has 0 amide bonds.